The van der Waals surface area contributed by atoms with Gasteiger partial charge < -0.3 is 5.32 Å². The number of piperazine rings is 1. The summed E-state index contributed by atoms with van der Waals surface area (Å²) in [5.74, 6) is 0.980. The Hall–Kier alpha value is -1.79. The summed E-state index contributed by atoms with van der Waals surface area (Å²) in [6.07, 6.45) is 8.00. The van der Waals surface area contributed by atoms with Gasteiger partial charge >= 0.3 is 0 Å². The normalized spacial score (nSPS) is 20.8. The number of hydrogen-bond donors (Lipinski definition) is 1. The summed E-state index contributed by atoms with van der Waals surface area (Å²) in [5.41, 5.74) is 0.774. The monoisotopic (exact) mass is 328 g/mol. The van der Waals surface area contributed by atoms with Crippen LogP contribution in [0.4, 0.5) is 0 Å². The Balaban J connectivity index is 1.53. The van der Waals surface area contributed by atoms with Crippen LogP contribution in [0.3, 0.4) is 0 Å². The number of aromatic nitrogens is 2. The highest BCUT2D eigenvalue weighted by Crippen LogP contribution is 2.37. The van der Waals surface area contributed by atoms with E-state index >= 15 is 0 Å². The van der Waals surface area contributed by atoms with E-state index in [9.17, 15) is 4.79 Å². The van der Waals surface area contributed by atoms with Gasteiger partial charge in [0.25, 0.3) is 0 Å². The van der Waals surface area contributed by atoms with E-state index in [0.717, 1.165) is 61.6 Å². The van der Waals surface area contributed by atoms with Crippen molar-refractivity contribution in [3.05, 3.63) is 35.5 Å². The van der Waals surface area contributed by atoms with Gasteiger partial charge in [0.15, 0.2) is 5.82 Å². The predicted molar refractivity (Wildman–Crippen MR) is 90.0 cm³/mol. The first-order chi connectivity index (χ1) is 11.3. The molecule has 0 radical (unpaired) electrons. The second kappa shape index (κ2) is 6.02. The smallest absolute Gasteiger partial charge is 0.240 e. The van der Waals surface area contributed by atoms with Gasteiger partial charge in [-0.25, -0.2) is 9.97 Å². The van der Waals surface area contributed by atoms with Crippen molar-refractivity contribution in [2.45, 2.75) is 37.8 Å². The molecule has 6 heteroatoms. The number of amides is 1. The first-order valence-corrected chi connectivity index (χ1v) is 9.04. The average Bonchev–Trinajstić information content (AvgIpc) is 3.26. The molecule has 1 amide bonds. The van der Waals surface area contributed by atoms with Crippen molar-refractivity contribution in [3.8, 4) is 10.7 Å². The van der Waals surface area contributed by atoms with Crippen molar-refractivity contribution in [1.82, 2.24) is 20.2 Å². The van der Waals surface area contributed by atoms with Gasteiger partial charge in [-0.15, -0.1) is 11.3 Å². The summed E-state index contributed by atoms with van der Waals surface area (Å²) >= 11 is 1.64. The number of hydrogen-bond acceptors (Lipinski definition) is 5. The minimum Gasteiger partial charge on any atom is -0.353 e. The molecule has 2 fully saturated rings. The van der Waals surface area contributed by atoms with E-state index in [-0.39, 0.29) is 11.4 Å². The lowest BCUT2D eigenvalue weighted by atomic mass is 9.91. The van der Waals surface area contributed by atoms with Crippen LogP contribution in [0, 0.1) is 0 Å². The Morgan fingerprint density at radius 1 is 1.26 bits per heavy atom. The molecule has 3 heterocycles. The molecule has 1 saturated heterocycles. The van der Waals surface area contributed by atoms with Gasteiger partial charge in [-0.05, 0) is 24.3 Å². The Labute approximate surface area is 139 Å². The molecular formula is C17H20N4OS. The van der Waals surface area contributed by atoms with E-state index in [0.29, 0.717) is 0 Å². The number of carbonyl (C=O) groups is 1. The van der Waals surface area contributed by atoms with Gasteiger partial charge in [0.05, 0.1) is 4.88 Å². The molecule has 1 saturated carbocycles. The highest BCUT2D eigenvalue weighted by Gasteiger charge is 2.47. The third-order valence-corrected chi connectivity index (χ3v) is 5.81. The number of nitrogens with one attached hydrogen (secondary N) is 1. The molecule has 4 rings (SSSR count). The SMILES string of the molecule is O=C1NCCN(Cc2cnc(-c3cccs3)nc2)C12CCCC2. The van der Waals surface area contributed by atoms with Crippen LogP contribution in [0.25, 0.3) is 10.7 Å². The van der Waals surface area contributed by atoms with Crippen LogP contribution < -0.4 is 5.32 Å². The van der Waals surface area contributed by atoms with E-state index in [1.165, 1.54) is 0 Å². The van der Waals surface area contributed by atoms with Crippen LogP contribution in [0.5, 0.6) is 0 Å². The van der Waals surface area contributed by atoms with E-state index in [1.807, 2.05) is 29.9 Å². The zero-order valence-corrected chi connectivity index (χ0v) is 13.8. The van der Waals surface area contributed by atoms with E-state index < -0.39 is 0 Å². The fourth-order valence-electron chi connectivity index (χ4n) is 3.75. The topological polar surface area (TPSA) is 58.1 Å². The Kier molecular flexibility index (Phi) is 3.87. The molecule has 5 nitrogen and oxygen atoms in total. The lowest BCUT2D eigenvalue weighted by Crippen LogP contribution is -2.63. The summed E-state index contributed by atoms with van der Waals surface area (Å²) in [5, 5.41) is 5.08. The zero-order chi connectivity index (χ0) is 15.7. The van der Waals surface area contributed by atoms with E-state index in [2.05, 4.69) is 20.2 Å². The van der Waals surface area contributed by atoms with Crippen molar-refractivity contribution >= 4 is 17.2 Å². The molecule has 120 valence electrons. The largest absolute Gasteiger partial charge is 0.353 e. The maximum atomic E-state index is 12.4. The zero-order valence-electron chi connectivity index (χ0n) is 13.0. The molecule has 0 atom stereocenters. The number of nitrogens with zero attached hydrogens (tertiary/aromatic N) is 3. The van der Waals surface area contributed by atoms with Crippen LogP contribution >= 0.6 is 11.3 Å². The molecule has 0 aromatic carbocycles. The molecule has 23 heavy (non-hydrogen) atoms. The Morgan fingerprint density at radius 2 is 2.04 bits per heavy atom. The summed E-state index contributed by atoms with van der Waals surface area (Å²) < 4.78 is 0. The molecule has 2 aliphatic rings. The maximum Gasteiger partial charge on any atom is 0.240 e. The van der Waals surface area contributed by atoms with Gasteiger partial charge in [-0.2, -0.15) is 0 Å². The van der Waals surface area contributed by atoms with Crippen molar-refractivity contribution in [3.63, 3.8) is 0 Å². The lowest BCUT2D eigenvalue weighted by Gasteiger charge is -2.43. The van der Waals surface area contributed by atoms with Crippen molar-refractivity contribution in [1.29, 1.82) is 0 Å². The number of thiophene rings is 1. The molecule has 1 spiro atoms. The minimum atomic E-state index is -0.301. The first kappa shape index (κ1) is 14.8. The molecule has 0 unspecified atom stereocenters. The van der Waals surface area contributed by atoms with E-state index in [4.69, 9.17) is 0 Å². The predicted octanol–water partition coefficient (Wildman–Crippen LogP) is 2.45. The molecule has 1 aliphatic carbocycles. The third kappa shape index (κ3) is 2.66. The Bertz CT molecular complexity index is 677. The summed E-state index contributed by atoms with van der Waals surface area (Å²) in [6, 6.07) is 4.04. The number of rotatable bonds is 3. The van der Waals surface area contributed by atoms with Crippen molar-refractivity contribution in [2.24, 2.45) is 0 Å². The van der Waals surface area contributed by atoms with Crippen molar-refractivity contribution in [2.75, 3.05) is 13.1 Å². The van der Waals surface area contributed by atoms with Gasteiger partial charge in [-0.3, -0.25) is 9.69 Å². The Morgan fingerprint density at radius 3 is 2.74 bits per heavy atom. The van der Waals surface area contributed by atoms with Crippen molar-refractivity contribution < 1.29 is 4.79 Å². The summed E-state index contributed by atoms with van der Waals surface area (Å²) in [4.78, 5) is 24.9. The molecule has 2 aromatic rings. The standard InChI is InChI=1S/C17H20N4OS/c22-16-17(5-1-2-6-17)21(8-7-18-16)12-13-10-19-15(20-11-13)14-4-3-9-23-14/h3-4,9-11H,1-2,5-8,12H2,(H,18,22). The maximum absolute atomic E-state index is 12.4. The molecule has 1 N–H and O–H groups in total. The molecule has 1 aliphatic heterocycles. The fraction of sp³-hybridized carbons (Fsp3) is 0.471. The second-order valence-electron chi connectivity index (χ2n) is 6.31. The van der Waals surface area contributed by atoms with Crippen LogP contribution in [0.1, 0.15) is 31.2 Å². The second-order valence-corrected chi connectivity index (χ2v) is 7.26. The first-order valence-electron chi connectivity index (χ1n) is 8.16. The van der Waals surface area contributed by atoms with E-state index in [1.54, 1.807) is 11.3 Å². The highest BCUT2D eigenvalue weighted by atomic mass is 32.1. The van der Waals surface area contributed by atoms with Gasteiger partial charge in [0.1, 0.15) is 5.54 Å². The average molecular weight is 328 g/mol. The molecule has 2 aromatic heterocycles. The third-order valence-electron chi connectivity index (χ3n) is 4.95. The van der Waals surface area contributed by atoms with Crippen LogP contribution in [0.15, 0.2) is 29.9 Å². The summed E-state index contributed by atoms with van der Waals surface area (Å²) in [7, 11) is 0. The lowest BCUT2D eigenvalue weighted by molar-refractivity contribution is -0.137. The van der Waals surface area contributed by atoms with Crippen LogP contribution in [0.2, 0.25) is 0 Å². The van der Waals surface area contributed by atoms with Gasteiger partial charge in [-0.1, -0.05) is 18.9 Å². The highest BCUT2D eigenvalue weighted by molar-refractivity contribution is 7.13. The minimum absolute atomic E-state index is 0.206. The summed E-state index contributed by atoms with van der Waals surface area (Å²) in [6.45, 7) is 2.38. The van der Waals surface area contributed by atoms with Crippen LogP contribution in [-0.2, 0) is 11.3 Å². The number of carbonyl (C=O) groups excluding carboxylic acids is 1. The van der Waals surface area contributed by atoms with Gasteiger partial charge in [0.2, 0.25) is 5.91 Å². The fourth-order valence-corrected chi connectivity index (χ4v) is 4.42. The molecule has 0 bridgehead atoms. The van der Waals surface area contributed by atoms with Gasteiger partial charge in [0, 0.05) is 37.6 Å². The van der Waals surface area contributed by atoms with Crippen LogP contribution in [-0.4, -0.2) is 39.4 Å². The molecular weight excluding hydrogens is 308 g/mol. The quantitative estimate of drug-likeness (QED) is 0.940.